The van der Waals surface area contributed by atoms with Gasteiger partial charge < -0.3 is 5.32 Å². The minimum atomic E-state index is 0.0730. The molecule has 19 heavy (non-hydrogen) atoms. The summed E-state index contributed by atoms with van der Waals surface area (Å²) in [6.07, 6.45) is 4.83. The Morgan fingerprint density at radius 3 is 2.21 bits per heavy atom. The number of carbonyl (C=O) groups is 1. The quantitative estimate of drug-likeness (QED) is 0.430. The van der Waals surface area contributed by atoms with E-state index in [1.165, 1.54) is 29.3 Å². The number of aryl methyl sites for hydroxylation is 3. The lowest BCUT2D eigenvalue weighted by Crippen LogP contribution is -2.26. The van der Waals surface area contributed by atoms with Gasteiger partial charge in [0.05, 0.1) is 0 Å². The Morgan fingerprint density at radius 2 is 1.63 bits per heavy atom. The normalized spacial score (nSPS) is 10.5. The van der Waals surface area contributed by atoms with Gasteiger partial charge in [-0.1, -0.05) is 53.1 Å². The summed E-state index contributed by atoms with van der Waals surface area (Å²) in [7, 11) is 0. The van der Waals surface area contributed by atoms with E-state index in [0.717, 1.165) is 29.7 Å². The predicted molar refractivity (Wildman–Crippen MR) is 90.3 cm³/mol. The van der Waals surface area contributed by atoms with E-state index in [0.29, 0.717) is 0 Å². The highest BCUT2D eigenvalue weighted by Gasteiger charge is 2.11. The van der Waals surface area contributed by atoms with Crippen LogP contribution in [0.5, 0.6) is 0 Å². The number of carbonyl (C=O) groups excluding carboxylic acids is 1. The van der Waals surface area contributed by atoms with E-state index in [1.807, 2.05) is 13.8 Å². The average Bonchev–Trinajstić information content (AvgIpc) is 2.32. The third-order valence-corrected chi connectivity index (χ3v) is 4.01. The summed E-state index contributed by atoms with van der Waals surface area (Å²) in [5.41, 5.74) is 4.20. The summed E-state index contributed by atoms with van der Waals surface area (Å²) < 4.78 is 1.23. The summed E-state index contributed by atoms with van der Waals surface area (Å²) in [5.74, 6) is 0.0730. The van der Waals surface area contributed by atoms with Crippen molar-refractivity contribution in [1.29, 1.82) is 0 Å². The van der Waals surface area contributed by atoms with Crippen molar-refractivity contribution >= 4 is 28.5 Å². The molecule has 106 valence electrons. The lowest BCUT2D eigenvalue weighted by atomic mass is 9.99. The molecule has 0 unspecified atom stereocenters. The van der Waals surface area contributed by atoms with E-state index >= 15 is 0 Å². The summed E-state index contributed by atoms with van der Waals surface area (Å²) in [6, 6.07) is 4.14. The Morgan fingerprint density at radius 1 is 1.05 bits per heavy atom. The molecule has 0 aliphatic carbocycles. The van der Waals surface area contributed by atoms with Gasteiger partial charge in [-0.25, -0.2) is 0 Å². The first-order valence-corrected chi connectivity index (χ1v) is 8.51. The Bertz CT molecular complexity index is 406. The number of halogens is 1. The minimum absolute atomic E-state index is 0.0730. The maximum atomic E-state index is 12.2. The summed E-state index contributed by atoms with van der Waals surface area (Å²) >= 11 is 2.41. The maximum Gasteiger partial charge on any atom is 0.251 e. The highest BCUT2D eigenvalue weighted by Crippen LogP contribution is 2.16. The molecule has 0 saturated carbocycles. The highest BCUT2D eigenvalue weighted by molar-refractivity contribution is 14.1. The molecular formula is C16H24INO. The molecule has 0 aromatic heterocycles. The third kappa shape index (κ3) is 5.51. The van der Waals surface area contributed by atoms with Crippen LogP contribution in [0.2, 0.25) is 0 Å². The fourth-order valence-corrected chi connectivity index (χ4v) is 2.94. The van der Waals surface area contributed by atoms with Gasteiger partial charge in [-0.2, -0.15) is 0 Å². The molecule has 0 bridgehead atoms. The standard InChI is InChI=1S/C16H24INO/c1-12-10-13(2)15(14(3)11-12)16(19)18-9-7-5-4-6-8-17/h10-11H,4-9H2,1-3H3,(H,18,19). The van der Waals surface area contributed by atoms with Gasteiger partial charge in [0.15, 0.2) is 0 Å². The van der Waals surface area contributed by atoms with Crippen LogP contribution in [-0.4, -0.2) is 16.9 Å². The van der Waals surface area contributed by atoms with Gasteiger partial charge in [-0.3, -0.25) is 4.79 Å². The molecule has 3 heteroatoms. The SMILES string of the molecule is Cc1cc(C)c(C(=O)NCCCCCCI)c(C)c1. The van der Waals surface area contributed by atoms with Gasteiger partial charge in [0, 0.05) is 12.1 Å². The number of amides is 1. The fourth-order valence-electron chi connectivity index (χ4n) is 2.40. The number of nitrogens with one attached hydrogen (secondary N) is 1. The number of alkyl halides is 1. The highest BCUT2D eigenvalue weighted by atomic mass is 127. The summed E-state index contributed by atoms with van der Waals surface area (Å²) in [5, 5.41) is 3.04. The van der Waals surface area contributed by atoms with Crippen LogP contribution in [0, 0.1) is 20.8 Å². The zero-order valence-electron chi connectivity index (χ0n) is 12.2. The monoisotopic (exact) mass is 373 g/mol. The molecular weight excluding hydrogens is 349 g/mol. The molecule has 0 radical (unpaired) electrons. The van der Waals surface area contributed by atoms with Crippen LogP contribution in [-0.2, 0) is 0 Å². The molecule has 1 aromatic carbocycles. The van der Waals surface area contributed by atoms with Gasteiger partial charge in [-0.15, -0.1) is 0 Å². The van der Waals surface area contributed by atoms with Crippen LogP contribution in [0.15, 0.2) is 12.1 Å². The number of hydrogen-bond acceptors (Lipinski definition) is 1. The molecule has 1 N–H and O–H groups in total. The molecule has 0 aliphatic heterocycles. The van der Waals surface area contributed by atoms with Crippen LogP contribution in [0.4, 0.5) is 0 Å². The molecule has 0 saturated heterocycles. The van der Waals surface area contributed by atoms with Crippen LogP contribution in [0.25, 0.3) is 0 Å². The topological polar surface area (TPSA) is 29.1 Å². The van der Waals surface area contributed by atoms with E-state index in [2.05, 4.69) is 47.0 Å². The minimum Gasteiger partial charge on any atom is -0.352 e. The van der Waals surface area contributed by atoms with Crippen molar-refractivity contribution in [3.05, 3.63) is 34.4 Å². The number of unbranched alkanes of at least 4 members (excludes halogenated alkanes) is 3. The molecule has 0 atom stereocenters. The first-order valence-electron chi connectivity index (χ1n) is 6.98. The molecule has 2 nitrogen and oxygen atoms in total. The zero-order valence-corrected chi connectivity index (χ0v) is 14.3. The third-order valence-electron chi connectivity index (χ3n) is 3.25. The summed E-state index contributed by atoms with van der Waals surface area (Å²) in [6.45, 7) is 6.87. The average molecular weight is 373 g/mol. The first kappa shape index (κ1) is 16.5. The second-order valence-corrected chi connectivity index (χ2v) is 6.21. The lowest BCUT2D eigenvalue weighted by molar-refractivity contribution is 0.0951. The molecule has 1 aromatic rings. The molecule has 0 fully saturated rings. The zero-order chi connectivity index (χ0) is 14.3. The number of benzene rings is 1. The van der Waals surface area contributed by atoms with Crippen LogP contribution >= 0.6 is 22.6 Å². The molecule has 1 rings (SSSR count). The van der Waals surface area contributed by atoms with E-state index < -0.39 is 0 Å². The van der Waals surface area contributed by atoms with E-state index in [9.17, 15) is 4.79 Å². The summed E-state index contributed by atoms with van der Waals surface area (Å²) in [4.78, 5) is 12.2. The maximum absolute atomic E-state index is 12.2. The largest absolute Gasteiger partial charge is 0.352 e. The van der Waals surface area contributed by atoms with E-state index in [4.69, 9.17) is 0 Å². The fraction of sp³-hybridized carbons (Fsp3) is 0.562. The van der Waals surface area contributed by atoms with Crippen LogP contribution < -0.4 is 5.32 Å². The molecule has 0 heterocycles. The molecule has 1 amide bonds. The van der Waals surface area contributed by atoms with E-state index in [1.54, 1.807) is 0 Å². The lowest BCUT2D eigenvalue weighted by Gasteiger charge is -2.11. The smallest absolute Gasteiger partial charge is 0.251 e. The first-order chi connectivity index (χ1) is 9.06. The van der Waals surface area contributed by atoms with Crippen LogP contribution in [0.3, 0.4) is 0 Å². The van der Waals surface area contributed by atoms with Crippen molar-refractivity contribution in [2.45, 2.75) is 46.5 Å². The van der Waals surface area contributed by atoms with Crippen molar-refractivity contribution in [3.63, 3.8) is 0 Å². The van der Waals surface area contributed by atoms with E-state index in [-0.39, 0.29) is 5.91 Å². The number of rotatable bonds is 7. The van der Waals surface area contributed by atoms with Crippen LogP contribution in [0.1, 0.15) is 52.7 Å². The van der Waals surface area contributed by atoms with Gasteiger partial charge in [0.1, 0.15) is 0 Å². The Labute approximate surface area is 130 Å². The van der Waals surface area contributed by atoms with Crippen molar-refractivity contribution in [1.82, 2.24) is 5.32 Å². The van der Waals surface area contributed by atoms with Gasteiger partial charge >= 0.3 is 0 Å². The van der Waals surface area contributed by atoms with Gasteiger partial charge in [0.2, 0.25) is 0 Å². The van der Waals surface area contributed by atoms with Crippen molar-refractivity contribution in [2.75, 3.05) is 11.0 Å². The van der Waals surface area contributed by atoms with Crippen molar-refractivity contribution < 1.29 is 4.79 Å². The Balaban J connectivity index is 2.46. The Hall–Kier alpha value is -0.580. The van der Waals surface area contributed by atoms with Gasteiger partial charge in [0.25, 0.3) is 5.91 Å². The Kier molecular flexibility index (Phi) is 7.42. The van der Waals surface area contributed by atoms with Gasteiger partial charge in [-0.05, 0) is 49.2 Å². The predicted octanol–water partition coefficient (Wildman–Crippen LogP) is 4.34. The molecule has 0 aliphatic rings. The second kappa shape index (κ2) is 8.56. The number of hydrogen-bond donors (Lipinski definition) is 1. The van der Waals surface area contributed by atoms with Crippen molar-refractivity contribution in [2.24, 2.45) is 0 Å². The molecule has 0 spiro atoms. The van der Waals surface area contributed by atoms with Crippen molar-refractivity contribution in [3.8, 4) is 0 Å². The second-order valence-electron chi connectivity index (χ2n) is 5.13.